The second-order valence-electron chi connectivity index (χ2n) is 12.8. The third-order valence-electron chi connectivity index (χ3n) is 8.90. The molecule has 9 nitrogen and oxygen atoms in total. The fraction of sp³-hybridized carbons (Fsp3) is 0.200. The van der Waals surface area contributed by atoms with Crippen molar-refractivity contribution >= 4 is 51.8 Å². The molecule has 0 spiro atoms. The molecule has 4 aromatic carbocycles. The molecule has 2 N–H and O–H groups in total. The Morgan fingerprint density at radius 3 is 2.18 bits per heavy atom. The summed E-state index contributed by atoms with van der Waals surface area (Å²) in [6.07, 6.45) is 14.1. The summed E-state index contributed by atoms with van der Waals surface area (Å²) in [6.45, 7) is 17.2. The van der Waals surface area contributed by atoms with Gasteiger partial charge in [0.05, 0.1) is 26.8 Å². The maximum absolute atomic E-state index is 13.7. The second kappa shape index (κ2) is 20.9. The Kier molecular flexibility index (Phi) is 16.1. The van der Waals surface area contributed by atoms with Gasteiger partial charge in [0.1, 0.15) is 35.2 Å². The van der Waals surface area contributed by atoms with E-state index in [0.717, 1.165) is 10.8 Å². The maximum atomic E-state index is 13.7. The van der Waals surface area contributed by atoms with Gasteiger partial charge in [-0.15, -0.1) is 6.58 Å². The second-order valence-corrected chi connectivity index (χ2v) is 14.9. The first-order valence-electron chi connectivity index (χ1n) is 17.8. The molecular weight excluding hydrogens is 746 g/mol. The monoisotopic (exact) mass is 794 g/mol. The number of hydrogen-bond acceptors (Lipinski definition) is 9. The van der Waals surface area contributed by atoms with Gasteiger partial charge in [-0.1, -0.05) is 99.0 Å². The van der Waals surface area contributed by atoms with Gasteiger partial charge in [-0.05, 0) is 72.2 Å². The summed E-state index contributed by atoms with van der Waals surface area (Å²) in [6, 6.07) is 18.8. The van der Waals surface area contributed by atoms with E-state index < -0.39 is 29.0 Å². The number of aliphatic hydroxyl groups excluding tert-OH is 2. The van der Waals surface area contributed by atoms with E-state index >= 15 is 0 Å². The SMILES string of the molecule is C=CC=C(O)CC(C)(POc1c(C(=O)OC)cc2ccccc2c1-c1c(OPOC(=CCC=CC)C(C)C=C)c(COC=O)cc2ccccc12)C(O)=CC=C. The van der Waals surface area contributed by atoms with E-state index in [9.17, 15) is 19.8 Å². The molecule has 56 heavy (non-hydrogen) atoms. The van der Waals surface area contributed by atoms with Crippen molar-refractivity contribution in [3.63, 3.8) is 0 Å². The van der Waals surface area contributed by atoms with Crippen molar-refractivity contribution in [2.75, 3.05) is 7.11 Å². The van der Waals surface area contributed by atoms with Crippen molar-refractivity contribution in [2.45, 2.75) is 45.4 Å². The van der Waals surface area contributed by atoms with E-state index in [2.05, 4.69) is 19.7 Å². The van der Waals surface area contributed by atoms with E-state index in [-0.39, 0.29) is 41.8 Å². The number of aliphatic hydroxyl groups is 2. The minimum atomic E-state index is -1.18. The molecule has 0 aliphatic rings. The summed E-state index contributed by atoms with van der Waals surface area (Å²) in [4.78, 5) is 25.3. The number of carbonyl (C=O) groups is 2. The van der Waals surface area contributed by atoms with Crippen molar-refractivity contribution in [1.82, 2.24) is 0 Å². The smallest absolute Gasteiger partial charge is 0.341 e. The lowest BCUT2D eigenvalue weighted by molar-refractivity contribution is -0.129. The number of benzene rings is 4. The van der Waals surface area contributed by atoms with Gasteiger partial charge in [-0.2, -0.15) is 0 Å². The van der Waals surface area contributed by atoms with Crippen molar-refractivity contribution in [3.8, 4) is 22.6 Å². The highest BCUT2D eigenvalue weighted by molar-refractivity contribution is 7.35. The lowest BCUT2D eigenvalue weighted by Gasteiger charge is -2.30. The van der Waals surface area contributed by atoms with Gasteiger partial charge in [0.2, 0.25) is 0 Å². The van der Waals surface area contributed by atoms with Crippen LogP contribution in [0, 0.1) is 5.92 Å². The van der Waals surface area contributed by atoms with E-state index in [0.29, 0.717) is 51.9 Å². The number of hydrogen-bond donors (Lipinski definition) is 2. The van der Waals surface area contributed by atoms with Gasteiger partial charge in [-0.25, -0.2) is 4.79 Å². The predicted molar refractivity (Wildman–Crippen MR) is 230 cm³/mol. The number of rotatable bonds is 21. The third kappa shape index (κ3) is 10.4. The molecule has 4 atom stereocenters. The molecule has 4 rings (SSSR count). The number of ether oxygens (including phenoxy) is 2. The van der Waals surface area contributed by atoms with Gasteiger partial charge in [0.15, 0.2) is 0 Å². The zero-order chi connectivity index (χ0) is 40.7. The molecule has 0 heterocycles. The van der Waals surface area contributed by atoms with Gasteiger partial charge in [-0.3, -0.25) is 4.79 Å². The van der Waals surface area contributed by atoms with Gasteiger partial charge in [0.25, 0.3) is 15.5 Å². The van der Waals surface area contributed by atoms with Crippen molar-refractivity contribution < 1.29 is 42.8 Å². The Bertz CT molecular complexity index is 2200. The Morgan fingerprint density at radius 1 is 0.929 bits per heavy atom. The molecule has 0 aromatic heterocycles. The third-order valence-corrected chi connectivity index (χ3v) is 10.7. The molecule has 292 valence electrons. The molecule has 0 saturated heterocycles. The van der Waals surface area contributed by atoms with Crippen LogP contribution < -0.4 is 9.05 Å². The van der Waals surface area contributed by atoms with E-state index in [4.69, 9.17) is 23.0 Å². The van der Waals surface area contributed by atoms with E-state index in [1.807, 2.05) is 86.7 Å². The number of carbonyl (C=O) groups excluding carboxylic acids is 2. The van der Waals surface area contributed by atoms with Crippen LogP contribution in [0.4, 0.5) is 0 Å². The average Bonchev–Trinajstić information content (AvgIpc) is 3.20. The van der Waals surface area contributed by atoms with Crippen molar-refractivity contribution in [3.05, 3.63) is 157 Å². The lowest BCUT2D eigenvalue weighted by atomic mass is 9.89. The minimum Gasteiger partial charge on any atom is -0.512 e. The first kappa shape index (κ1) is 43.1. The maximum Gasteiger partial charge on any atom is 0.341 e. The summed E-state index contributed by atoms with van der Waals surface area (Å²) in [5, 5.41) is 23.8. The summed E-state index contributed by atoms with van der Waals surface area (Å²) < 4.78 is 30.3. The quantitative estimate of drug-likeness (QED) is 0.0212. The fourth-order valence-electron chi connectivity index (χ4n) is 5.99. The number of allylic oxidation sites excluding steroid dienone is 10. The standard InChI is InChI=1S/C45H48O9P2/c1-8-12-13-24-38(30(5)11-4)52-56-54-42-33(28-51-29-46)25-31-20-14-16-22-35(31)40(42)41-36-23-17-15-21-32(36)26-37(44(49)50-7)43(41)53-55-45(6,39(48)19-10-3)27-34(47)18-9-2/h8-12,14-26,29-30,47-48,55-56H,2-4,13,27-28H2,1,5-7H3. The van der Waals surface area contributed by atoms with Crippen LogP contribution in [0.3, 0.4) is 0 Å². The first-order valence-corrected chi connectivity index (χ1v) is 19.5. The summed E-state index contributed by atoms with van der Waals surface area (Å²) in [5.41, 5.74) is 1.69. The lowest BCUT2D eigenvalue weighted by Crippen LogP contribution is -2.24. The average molecular weight is 795 g/mol. The minimum absolute atomic E-state index is 0.0224. The number of esters is 1. The molecule has 0 radical (unpaired) electrons. The first-order chi connectivity index (χ1) is 27.1. The van der Waals surface area contributed by atoms with Crippen LogP contribution in [0.2, 0.25) is 0 Å². The summed E-state index contributed by atoms with van der Waals surface area (Å²) in [5.74, 6) is 0.271. The Labute approximate surface area is 332 Å². The molecule has 11 heteroatoms. The van der Waals surface area contributed by atoms with Gasteiger partial charge < -0.3 is 33.3 Å². The molecule has 4 unspecified atom stereocenters. The highest BCUT2D eigenvalue weighted by Crippen LogP contribution is 2.53. The van der Waals surface area contributed by atoms with Crippen molar-refractivity contribution in [1.29, 1.82) is 0 Å². The van der Waals surface area contributed by atoms with Crippen LogP contribution in [0.15, 0.2) is 146 Å². The molecule has 0 bridgehead atoms. The molecule has 0 fully saturated rings. The number of methoxy groups -OCH3 is 1. The highest BCUT2D eigenvalue weighted by atomic mass is 31.1. The van der Waals surface area contributed by atoms with Crippen LogP contribution in [0.25, 0.3) is 32.7 Å². The zero-order valence-electron chi connectivity index (χ0n) is 32.0. The molecule has 0 amide bonds. The Balaban J connectivity index is 2.09. The summed E-state index contributed by atoms with van der Waals surface area (Å²) in [7, 11) is 0.186. The van der Waals surface area contributed by atoms with Crippen LogP contribution in [-0.4, -0.2) is 34.9 Å². The van der Waals surface area contributed by atoms with E-state index in [1.54, 1.807) is 19.1 Å². The van der Waals surface area contributed by atoms with Crippen LogP contribution in [0.5, 0.6) is 11.5 Å². The van der Waals surface area contributed by atoms with Crippen LogP contribution in [0.1, 0.15) is 49.5 Å². The molecule has 0 aliphatic carbocycles. The largest absolute Gasteiger partial charge is 0.512 e. The van der Waals surface area contributed by atoms with Gasteiger partial charge in [0, 0.05) is 29.0 Å². The van der Waals surface area contributed by atoms with Crippen molar-refractivity contribution in [2.24, 2.45) is 5.92 Å². The van der Waals surface area contributed by atoms with E-state index in [1.165, 1.54) is 31.4 Å². The Morgan fingerprint density at radius 2 is 1.57 bits per heavy atom. The van der Waals surface area contributed by atoms with Gasteiger partial charge >= 0.3 is 5.97 Å². The zero-order valence-corrected chi connectivity index (χ0v) is 34.0. The molecule has 0 saturated carbocycles. The normalized spacial score (nSPS) is 14.2. The molecule has 0 aliphatic heterocycles. The predicted octanol–water partition coefficient (Wildman–Crippen LogP) is 12.1. The van der Waals surface area contributed by atoms with Crippen LogP contribution in [-0.2, 0) is 25.4 Å². The van der Waals surface area contributed by atoms with Crippen LogP contribution >= 0.6 is 17.8 Å². The summed E-state index contributed by atoms with van der Waals surface area (Å²) >= 11 is 0. The fourth-order valence-corrected chi connectivity index (χ4v) is 7.69. The highest BCUT2D eigenvalue weighted by Gasteiger charge is 2.35. The molecule has 4 aromatic rings. The molecular formula is C45H48O9P2. The Hall–Kier alpha value is -5.62. The number of fused-ring (bicyclic) bond motifs is 2. The topological polar surface area (TPSA) is 121 Å².